The van der Waals surface area contributed by atoms with Crippen LogP contribution >= 0.6 is 15.9 Å². The molecule has 0 bridgehead atoms. The third-order valence-corrected chi connectivity index (χ3v) is 4.83. The number of hydrogen-bond acceptors (Lipinski definition) is 3. The van der Waals surface area contributed by atoms with Crippen molar-refractivity contribution in [2.24, 2.45) is 7.05 Å². The first-order chi connectivity index (χ1) is 8.94. The zero-order valence-electron chi connectivity index (χ0n) is 10.6. The molecule has 0 radical (unpaired) electrons. The maximum atomic E-state index is 12.0. The molecule has 0 fully saturated rings. The number of benzene rings is 1. The van der Waals surface area contributed by atoms with Crippen LogP contribution in [0.2, 0.25) is 0 Å². The first kappa shape index (κ1) is 14.3. The van der Waals surface area contributed by atoms with Gasteiger partial charge in [-0.1, -0.05) is 28.1 Å². The van der Waals surface area contributed by atoms with E-state index in [0.29, 0.717) is 6.42 Å². The minimum Gasteiger partial charge on any atom is -0.276 e. The molecule has 0 unspecified atom stereocenters. The molecule has 0 aliphatic heterocycles. The summed E-state index contributed by atoms with van der Waals surface area (Å²) < 4.78 is 26.7. The molecule has 0 aliphatic rings. The van der Waals surface area contributed by atoms with Crippen molar-refractivity contribution in [3.63, 3.8) is 0 Å². The molecule has 0 N–H and O–H groups in total. The van der Waals surface area contributed by atoms with E-state index in [-0.39, 0.29) is 11.5 Å². The third-order valence-electron chi connectivity index (χ3n) is 2.74. The lowest BCUT2D eigenvalue weighted by Crippen LogP contribution is -2.11. The largest absolute Gasteiger partial charge is 0.276 e. The summed E-state index contributed by atoms with van der Waals surface area (Å²) in [6.07, 6.45) is 4.05. The summed E-state index contributed by atoms with van der Waals surface area (Å²) in [7, 11) is -1.28. The molecule has 2 aromatic rings. The van der Waals surface area contributed by atoms with Crippen LogP contribution in [-0.4, -0.2) is 24.0 Å². The van der Waals surface area contributed by atoms with E-state index in [1.54, 1.807) is 10.9 Å². The highest BCUT2D eigenvalue weighted by Gasteiger charge is 2.13. The molecule has 0 amide bonds. The summed E-state index contributed by atoms with van der Waals surface area (Å²) in [5.74, 6) is 0.220. The molecule has 102 valence electrons. The molecular weight excluding hydrogens is 328 g/mol. The second-order valence-electron chi connectivity index (χ2n) is 4.49. The van der Waals surface area contributed by atoms with Crippen molar-refractivity contribution < 1.29 is 8.42 Å². The van der Waals surface area contributed by atoms with E-state index in [9.17, 15) is 8.42 Å². The second-order valence-corrected chi connectivity index (χ2v) is 7.59. The van der Waals surface area contributed by atoms with Gasteiger partial charge in [0.25, 0.3) is 0 Å². The fourth-order valence-corrected chi connectivity index (χ4v) is 3.65. The van der Waals surface area contributed by atoms with E-state index < -0.39 is 9.84 Å². The minimum absolute atomic E-state index is 0.0761. The Morgan fingerprint density at radius 1 is 1.32 bits per heavy atom. The lowest BCUT2D eigenvalue weighted by Gasteiger charge is -2.04. The molecule has 1 aromatic heterocycles. The average Bonchev–Trinajstić information content (AvgIpc) is 2.72. The monoisotopic (exact) mass is 342 g/mol. The van der Waals surface area contributed by atoms with Crippen molar-refractivity contribution in [1.82, 2.24) is 9.78 Å². The van der Waals surface area contributed by atoms with E-state index in [2.05, 4.69) is 21.0 Å². The molecule has 2 rings (SSSR count). The lowest BCUT2D eigenvalue weighted by atomic mass is 10.2. The van der Waals surface area contributed by atoms with E-state index in [4.69, 9.17) is 0 Å². The van der Waals surface area contributed by atoms with Crippen molar-refractivity contribution in [2.45, 2.75) is 12.2 Å². The van der Waals surface area contributed by atoms with Crippen LogP contribution in [0.15, 0.2) is 41.1 Å². The summed E-state index contributed by atoms with van der Waals surface area (Å²) in [5, 5.41) is 4.03. The highest BCUT2D eigenvalue weighted by molar-refractivity contribution is 9.10. The standard InChI is InChI=1S/C13H15BrN2O2S/c1-16-9-12(8-15-16)5-6-19(17,18)10-11-3-2-4-13(14)7-11/h2-4,7-9H,5-6,10H2,1H3. The van der Waals surface area contributed by atoms with Gasteiger partial charge in [0.05, 0.1) is 17.7 Å². The Morgan fingerprint density at radius 2 is 2.11 bits per heavy atom. The van der Waals surface area contributed by atoms with Gasteiger partial charge in [0.15, 0.2) is 9.84 Å². The van der Waals surface area contributed by atoms with Gasteiger partial charge >= 0.3 is 0 Å². The smallest absolute Gasteiger partial charge is 0.154 e. The van der Waals surface area contributed by atoms with E-state index in [0.717, 1.165) is 15.6 Å². The quantitative estimate of drug-likeness (QED) is 0.837. The fraction of sp³-hybridized carbons (Fsp3) is 0.308. The molecule has 6 heteroatoms. The number of rotatable bonds is 5. The molecule has 0 atom stereocenters. The lowest BCUT2D eigenvalue weighted by molar-refractivity contribution is 0.594. The van der Waals surface area contributed by atoms with Gasteiger partial charge in [0, 0.05) is 17.7 Å². The summed E-state index contributed by atoms with van der Waals surface area (Å²) in [4.78, 5) is 0. The van der Waals surface area contributed by atoms with Crippen LogP contribution < -0.4 is 0 Å². The van der Waals surface area contributed by atoms with Crippen molar-refractivity contribution in [1.29, 1.82) is 0 Å². The zero-order chi connectivity index (χ0) is 13.9. The van der Waals surface area contributed by atoms with Gasteiger partial charge in [-0.3, -0.25) is 4.68 Å². The van der Waals surface area contributed by atoms with Crippen molar-refractivity contribution in [3.8, 4) is 0 Å². The Kier molecular flexibility index (Phi) is 4.42. The maximum absolute atomic E-state index is 12.0. The Hall–Kier alpha value is -1.14. The number of nitrogens with zero attached hydrogens (tertiary/aromatic N) is 2. The Labute approximate surface area is 121 Å². The molecule has 4 nitrogen and oxygen atoms in total. The molecule has 0 spiro atoms. The number of aryl methyl sites for hydroxylation is 2. The summed E-state index contributed by atoms with van der Waals surface area (Å²) in [6, 6.07) is 7.38. The van der Waals surface area contributed by atoms with Crippen molar-refractivity contribution in [3.05, 3.63) is 52.3 Å². The van der Waals surface area contributed by atoms with Gasteiger partial charge in [-0.05, 0) is 29.7 Å². The van der Waals surface area contributed by atoms with Crippen LogP contribution in [0.3, 0.4) is 0 Å². The molecule has 0 saturated heterocycles. The van der Waals surface area contributed by atoms with Gasteiger partial charge in [0.2, 0.25) is 0 Å². The van der Waals surface area contributed by atoms with Gasteiger partial charge in [-0.15, -0.1) is 0 Å². The van der Waals surface area contributed by atoms with Crippen molar-refractivity contribution in [2.75, 3.05) is 5.75 Å². The third kappa shape index (κ3) is 4.47. The number of halogens is 1. The van der Waals surface area contributed by atoms with Crippen LogP contribution in [0.5, 0.6) is 0 Å². The van der Waals surface area contributed by atoms with Gasteiger partial charge in [-0.2, -0.15) is 5.10 Å². The first-order valence-corrected chi connectivity index (χ1v) is 8.48. The van der Waals surface area contributed by atoms with E-state index in [1.807, 2.05) is 37.5 Å². The van der Waals surface area contributed by atoms with E-state index in [1.165, 1.54) is 0 Å². The number of sulfone groups is 1. The normalized spacial score (nSPS) is 11.7. The molecule has 19 heavy (non-hydrogen) atoms. The Bertz CT molecular complexity index is 665. The minimum atomic E-state index is -3.10. The van der Waals surface area contributed by atoms with E-state index >= 15 is 0 Å². The molecular formula is C13H15BrN2O2S. The fourth-order valence-electron chi connectivity index (χ4n) is 1.83. The van der Waals surface area contributed by atoms with Gasteiger partial charge < -0.3 is 0 Å². The van der Waals surface area contributed by atoms with Gasteiger partial charge in [-0.25, -0.2) is 8.42 Å². The molecule has 0 saturated carbocycles. The van der Waals surface area contributed by atoms with Crippen LogP contribution in [0.4, 0.5) is 0 Å². The summed E-state index contributed by atoms with van der Waals surface area (Å²) >= 11 is 3.34. The maximum Gasteiger partial charge on any atom is 0.154 e. The average molecular weight is 343 g/mol. The summed E-state index contributed by atoms with van der Waals surface area (Å²) in [5.41, 5.74) is 1.75. The van der Waals surface area contributed by atoms with Crippen molar-refractivity contribution >= 4 is 25.8 Å². The van der Waals surface area contributed by atoms with Gasteiger partial charge in [0.1, 0.15) is 0 Å². The topological polar surface area (TPSA) is 52.0 Å². The van der Waals surface area contributed by atoms with Crippen LogP contribution in [0, 0.1) is 0 Å². The molecule has 1 aromatic carbocycles. The zero-order valence-corrected chi connectivity index (χ0v) is 13.0. The Balaban J connectivity index is 1.99. The first-order valence-electron chi connectivity index (χ1n) is 5.87. The summed E-state index contributed by atoms with van der Waals surface area (Å²) in [6.45, 7) is 0. The van der Waals surface area contributed by atoms with Crippen LogP contribution in [0.25, 0.3) is 0 Å². The molecule has 1 heterocycles. The molecule has 0 aliphatic carbocycles. The predicted octanol–water partition coefficient (Wildman–Crippen LogP) is 2.34. The highest BCUT2D eigenvalue weighted by Crippen LogP contribution is 2.15. The SMILES string of the molecule is Cn1cc(CCS(=O)(=O)Cc2cccc(Br)c2)cn1. The second kappa shape index (κ2) is 5.88. The van der Waals surface area contributed by atoms with Crippen LogP contribution in [-0.2, 0) is 29.1 Å². The Morgan fingerprint density at radius 3 is 2.74 bits per heavy atom. The highest BCUT2D eigenvalue weighted by atomic mass is 79.9. The van der Waals surface area contributed by atoms with Crippen LogP contribution in [0.1, 0.15) is 11.1 Å². The predicted molar refractivity (Wildman–Crippen MR) is 78.5 cm³/mol. The number of aromatic nitrogens is 2. The number of hydrogen-bond donors (Lipinski definition) is 0.